The van der Waals surface area contributed by atoms with Crippen molar-refractivity contribution in [2.75, 3.05) is 20.8 Å². The Balaban J connectivity index is 2.59. The standard InChI is InChI=1S/C10H20N2O2/c1-5-7(2)9-10(14-4)11-6-8(12-9)13-3/h5,7-12H,1,6H2,2-4H3/t7?,8?,9-,10?/m1/s1. The van der Waals surface area contributed by atoms with Gasteiger partial charge in [-0.2, -0.15) is 0 Å². The molecule has 1 aliphatic rings. The van der Waals surface area contributed by atoms with Crippen LogP contribution in [0.15, 0.2) is 12.7 Å². The Hall–Kier alpha value is -0.420. The van der Waals surface area contributed by atoms with Gasteiger partial charge in [0.25, 0.3) is 0 Å². The SMILES string of the molecule is C=CC(C)[C@H]1NC(OC)CNC1OC. The predicted molar refractivity (Wildman–Crippen MR) is 55.9 cm³/mol. The molecule has 0 aliphatic carbocycles. The van der Waals surface area contributed by atoms with E-state index in [9.17, 15) is 0 Å². The number of piperazine rings is 1. The highest BCUT2D eigenvalue weighted by atomic mass is 16.5. The Morgan fingerprint density at radius 2 is 2.14 bits per heavy atom. The molecule has 0 aromatic rings. The van der Waals surface area contributed by atoms with Crippen LogP contribution < -0.4 is 10.6 Å². The Morgan fingerprint density at radius 3 is 2.64 bits per heavy atom. The zero-order valence-electron chi connectivity index (χ0n) is 9.12. The van der Waals surface area contributed by atoms with Gasteiger partial charge >= 0.3 is 0 Å². The van der Waals surface area contributed by atoms with E-state index in [-0.39, 0.29) is 18.5 Å². The fraction of sp³-hybridized carbons (Fsp3) is 0.800. The number of hydrogen-bond donors (Lipinski definition) is 2. The van der Waals surface area contributed by atoms with Gasteiger partial charge in [0, 0.05) is 20.8 Å². The maximum atomic E-state index is 5.34. The lowest BCUT2D eigenvalue weighted by Crippen LogP contribution is -2.63. The summed E-state index contributed by atoms with van der Waals surface area (Å²) < 4.78 is 10.6. The lowest BCUT2D eigenvalue weighted by atomic mass is 9.98. The van der Waals surface area contributed by atoms with Crippen molar-refractivity contribution in [1.29, 1.82) is 0 Å². The van der Waals surface area contributed by atoms with Crippen molar-refractivity contribution in [2.24, 2.45) is 5.92 Å². The van der Waals surface area contributed by atoms with E-state index in [1.807, 2.05) is 6.08 Å². The van der Waals surface area contributed by atoms with E-state index in [4.69, 9.17) is 9.47 Å². The zero-order valence-corrected chi connectivity index (χ0v) is 9.12. The second-order valence-electron chi connectivity index (χ2n) is 3.58. The summed E-state index contributed by atoms with van der Waals surface area (Å²) in [5, 5.41) is 6.65. The number of methoxy groups -OCH3 is 2. The summed E-state index contributed by atoms with van der Waals surface area (Å²) in [6.07, 6.45) is 1.99. The summed E-state index contributed by atoms with van der Waals surface area (Å²) in [4.78, 5) is 0. The summed E-state index contributed by atoms with van der Waals surface area (Å²) >= 11 is 0. The van der Waals surface area contributed by atoms with Crippen molar-refractivity contribution in [3.63, 3.8) is 0 Å². The van der Waals surface area contributed by atoms with Crippen LogP contribution in [-0.4, -0.2) is 39.3 Å². The maximum absolute atomic E-state index is 5.34. The zero-order chi connectivity index (χ0) is 10.6. The normalized spacial score (nSPS) is 35.2. The van der Waals surface area contributed by atoms with Crippen LogP contribution >= 0.6 is 0 Å². The molecule has 4 heteroatoms. The van der Waals surface area contributed by atoms with Crippen molar-refractivity contribution >= 4 is 0 Å². The molecule has 1 heterocycles. The van der Waals surface area contributed by atoms with E-state index in [2.05, 4.69) is 24.1 Å². The summed E-state index contributed by atoms with van der Waals surface area (Å²) in [6.45, 7) is 6.66. The average Bonchev–Trinajstić information content (AvgIpc) is 2.27. The topological polar surface area (TPSA) is 42.5 Å². The lowest BCUT2D eigenvalue weighted by Gasteiger charge is -2.39. The molecule has 0 radical (unpaired) electrons. The molecule has 0 aromatic carbocycles. The Bertz CT molecular complexity index is 187. The fourth-order valence-corrected chi connectivity index (χ4v) is 1.67. The molecule has 82 valence electrons. The third-order valence-electron chi connectivity index (χ3n) is 2.69. The first-order valence-corrected chi connectivity index (χ1v) is 4.90. The third kappa shape index (κ3) is 2.54. The van der Waals surface area contributed by atoms with E-state index in [1.165, 1.54) is 0 Å². The molecule has 1 aliphatic heterocycles. The molecule has 3 unspecified atom stereocenters. The molecule has 1 saturated heterocycles. The molecule has 1 fully saturated rings. The first-order valence-electron chi connectivity index (χ1n) is 4.90. The van der Waals surface area contributed by atoms with Crippen molar-refractivity contribution in [3.05, 3.63) is 12.7 Å². The number of hydrogen-bond acceptors (Lipinski definition) is 4. The number of nitrogens with one attached hydrogen (secondary N) is 2. The van der Waals surface area contributed by atoms with E-state index in [0.29, 0.717) is 5.92 Å². The number of rotatable bonds is 4. The predicted octanol–water partition coefficient (Wildman–Crippen LogP) is 0.315. The van der Waals surface area contributed by atoms with Crippen LogP contribution in [0.1, 0.15) is 6.92 Å². The molecule has 14 heavy (non-hydrogen) atoms. The van der Waals surface area contributed by atoms with Gasteiger partial charge in [0.05, 0.1) is 6.04 Å². The molecule has 1 rings (SSSR count). The smallest absolute Gasteiger partial charge is 0.123 e. The van der Waals surface area contributed by atoms with Crippen molar-refractivity contribution in [1.82, 2.24) is 10.6 Å². The highest BCUT2D eigenvalue weighted by Gasteiger charge is 2.31. The fourth-order valence-electron chi connectivity index (χ4n) is 1.67. The van der Waals surface area contributed by atoms with Crippen molar-refractivity contribution < 1.29 is 9.47 Å². The monoisotopic (exact) mass is 200 g/mol. The Morgan fingerprint density at radius 1 is 1.43 bits per heavy atom. The van der Waals surface area contributed by atoms with Gasteiger partial charge in [-0.05, 0) is 5.92 Å². The van der Waals surface area contributed by atoms with Gasteiger partial charge in [-0.25, -0.2) is 0 Å². The summed E-state index contributed by atoms with van der Waals surface area (Å²) in [5.74, 6) is 0.338. The summed E-state index contributed by atoms with van der Waals surface area (Å²) in [5.41, 5.74) is 0. The average molecular weight is 200 g/mol. The second kappa shape index (κ2) is 5.46. The van der Waals surface area contributed by atoms with Gasteiger partial charge in [-0.1, -0.05) is 13.0 Å². The van der Waals surface area contributed by atoms with Crippen LogP contribution in [0.2, 0.25) is 0 Å². The first-order chi connectivity index (χ1) is 6.72. The van der Waals surface area contributed by atoms with Gasteiger partial charge in [0.15, 0.2) is 0 Å². The lowest BCUT2D eigenvalue weighted by molar-refractivity contribution is -0.0480. The Kier molecular flexibility index (Phi) is 4.54. The minimum Gasteiger partial charge on any atom is -0.365 e. The van der Waals surface area contributed by atoms with Crippen molar-refractivity contribution in [2.45, 2.75) is 25.4 Å². The maximum Gasteiger partial charge on any atom is 0.123 e. The molecule has 0 aromatic heterocycles. The van der Waals surface area contributed by atoms with Crippen LogP contribution in [0.4, 0.5) is 0 Å². The van der Waals surface area contributed by atoms with Gasteiger partial charge in [-0.15, -0.1) is 6.58 Å². The quantitative estimate of drug-likeness (QED) is 0.641. The van der Waals surface area contributed by atoms with Gasteiger partial charge in [-0.3, -0.25) is 10.6 Å². The van der Waals surface area contributed by atoms with Crippen LogP contribution in [0.5, 0.6) is 0 Å². The van der Waals surface area contributed by atoms with Gasteiger partial charge < -0.3 is 9.47 Å². The molecule has 0 bridgehead atoms. The minimum atomic E-state index is 0.0226. The largest absolute Gasteiger partial charge is 0.365 e. The molecule has 4 nitrogen and oxygen atoms in total. The van der Waals surface area contributed by atoms with Crippen LogP contribution in [0, 0.1) is 5.92 Å². The minimum absolute atomic E-state index is 0.0226. The molecular weight excluding hydrogens is 180 g/mol. The molecule has 2 N–H and O–H groups in total. The van der Waals surface area contributed by atoms with E-state index >= 15 is 0 Å². The van der Waals surface area contributed by atoms with Crippen LogP contribution in [-0.2, 0) is 9.47 Å². The summed E-state index contributed by atoms with van der Waals surface area (Å²) in [6, 6.07) is 0.205. The van der Waals surface area contributed by atoms with Crippen molar-refractivity contribution in [3.8, 4) is 0 Å². The first kappa shape index (κ1) is 11.7. The van der Waals surface area contributed by atoms with Crippen LogP contribution in [0.25, 0.3) is 0 Å². The highest BCUT2D eigenvalue weighted by Crippen LogP contribution is 2.13. The molecule has 4 atom stereocenters. The van der Waals surface area contributed by atoms with Gasteiger partial charge in [0.2, 0.25) is 0 Å². The van der Waals surface area contributed by atoms with E-state index in [1.54, 1.807) is 14.2 Å². The van der Waals surface area contributed by atoms with E-state index in [0.717, 1.165) is 6.54 Å². The molecule has 0 amide bonds. The molecule has 0 saturated carbocycles. The Labute approximate surface area is 85.7 Å². The molecular formula is C10H20N2O2. The van der Waals surface area contributed by atoms with Gasteiger partial charge in [0.1, 0.15) is 12.5 Å². The third-order valence-corrected chi connectivity index (χ3v) is 2.69. The highest BCUT2D eigenvalue weighted by molar-refractivity contribution is 4.93. The molecule has 0 spiro atoms. The number of ether oxygens (including phenoxy) is 2. The second-order valence-corrected chi connectivity index (χ2v) is 3.58. The summed E-state index contributed by atoms with van der Waals surface area (Å²) in [7, 11) is 3.40. The van der Waals surface area contributed by atoms with Crippen LogP contribution in [0.3, 0.4) is 0 Å². The van der Waals surface area contributed by atoms with E-state index < -0.39 is 0 Å².